The van der Waals surface area contributed by atoms with Crippen LogP contribution in [-0.2, 0) is 19.1 Å². The highest BCUT2D eigenvalue weighted by molar-refractivity contribution is 5.98. The van der Waals surface area contributed by atoms with Gasteiger partial charge in [-0.1, -0.05) is 43.7 Å². The van der Waals surface area contributed by atoms with Crippen LogP contribution >= 0.6 is 0 Å². The largest absolute Gasteiger partial charge is 0.454 e. The van der Waals surface area contributed by atoms with Crippen molar-refractivity contribution in [3.63, 3.8) is 0 Å². The molecule has 0 fully saturated rings. The summed E-state index contributed by atoms with van der Waals surface area (Å²) in [6, 6.07) is 8.18. The van der Waals surface area contributed by atoms with E-state index in [0.717, 1.165) is 22.8 Å². The third kappa shape index (κ3) is 7.40. The van der Waals surface area contributed by atoms with Gasteiger partial charge in [-0.15, -0.1) is 0 Å². The molecular formula is C25H30FN3O5. The van der Waals surface area contributed by atoms with Crippen LogP contribution in [0.2, 0.25) is 0 Å². The van der Waals surface area contributed by atoms with Crippen molar-refractivity contribution < 1.29 is 28.3 Å². The molecule has 0 aliphatic heterocycles. The number of hydrogen-bond donors (Lipinski definition) is 3. The Kier molecular flexibility index (Phi) is 9.29. The fourth-order valence-corrected chi connectivity index (χ4v) is 3.38. The summed E-state index contributed by atoms with van der Waals surface area (Å²) in [5, 5.41) is 7.59. The molecular weight excluding hydrogens is 441 g/mol. The predicted molar refractivity (Wildman–Crippen MR) is 126 cm³/mol. The van der Waals surface area contributed by atoms with Gasteiger partial charge in [-0.05, 0) is 49.9 Å². The summed E-state index contributed by atoms with van der Waals surface area (Å²) in [4.78, 5) is 49.0. The van der Waals surface area contributed by atoms with Crippen molar-refractivity contribution in [1.82, 2.24) is 10.6 Å². The number of benzene rings is 2. The van der Waals surface area contributed by atoms with Gasteiger partial charge in [0.15, 0.2) is 6.61 Å². The molecule has 9 heteroatoms. The van der Waals surface area contributed by atoms with E-state index in [2.05, 4.69) is 16.0 Å². The minimum atomic E-state index is -1.09. The number of esters is 1. The molecule has 0 aromatic heterocycles. The molecule has 0 bridgehead atoms. The van der Waals surface area contributed by atoms with Gasteiger partial charge >= 0.3 is 5.97 Å². The highest BCUT2D eigenvalue weighted by atomic mass is 19.1. The van der Waals surface area contributed by atoms with Gasteiger partial charge < -0.3 is 20.7 Å². The van der Waals surface area contributed by atoms with Crippen molar-refractivity contribution in [2.45, 2.75) is 40.7 Å². The van der Waals surface area contributed by atoms with E-state index < -0.39 is 42.2 Å². The van der Waals surface area contributed by atoms with Gasteiger partial charge in [0.2, 0.25) is 5.91 Å². The molecule has 3 N–H and O–H groups in total. The molecule has 0 aliphatic carbocycles. The smallest absolute Gasteiger partial charge is 0.329 e. The standard InChI is InChI=1S/C25H30FN3O5/c1-14(2)22(29-24(32)18-8-6-7-9-19(18)26)25(33)34-13-21(31)27-12-20(30)28-23-16(4)10-15(3)11-17(23)5/h6-11,14,22H,12-13H2,1-5H3,(H,27,31)(H,28,30)(H,29,32). The molecule has 3 amide bonds. The van der Waals surface area contributed by atoms with Gasteiger partial charge in [0.05, 0.1) is 12.1 Å². The van der Waals surface area contributed by atoms with Crippen LogP contribution in [-0.4, -0.2) is 42.9 Å². The molecule has 0 saturated heterocycles. The van der Waals surface area contributed by atoms with E-state index in [1.807, 2.05) is 32.9 Å². The Hall–Kier alpha value is -3.75. The molecule has 0 heterocycles. The number of anilines is 1. The molecule has 1 unspecified atom stereocenters. The predicted octanol–water partition coefficient (Wildman–Crippen LogP) is 2.80. The summed E-state index contributed by atoms with van der Waals surface area (Å²) in [7, 11) is 0. The van der Waals surface area contributed by atoms with E-state index in [1.54, 1.807) is 13.8 Å². The van der Waals surface area contributed by atoms with E-state index in [0.29, 0.717) is 5.69 Å². The molecule has 2 aromatic rings. The normalized spacial score (nSPS) is 11.5. The van der Waals surface area contributed by atoms with Crippen LogP contribution in [0.5, 0.6) is 0 Å². The third-order valence-corrected chi connectivity index (χ3v) is 5.06. The van der Waals surface area contributed by atoms with Gasteiger partial charge in [-0.25, -0.2) is 9.18 Å². The maximum absolute atomic E-state index is 13.8. The van der Waals surface area contributed by atoms with E-state index in [-0.39, 0.29) is 18.0 Å². The topological polar surface area (TPSA) is 114 Å². The van der Waals surface area contributed by atoms with Crippen molar-refractivity contribution in [2.24, 2.45) is 5.92 Å². The Bertz CT molecular complexity index is 1060. The van der Waals surface area contributed by atoms with Crippen LogP contribution in [0.15, 0.2) is 36.4 Å². The van der Waals surface area contributed by atoms with Crippen LogP contribution < -0.4 is 16.0 Å². The lowest BCUT2D eigenvalue weighted by atomic mass is 10.0. The molecule has 8 nitrogen and oxygen atoms in total. The van der Waals surface area contributed by atoms with Gasteiger partial charge in [0.25, 0.3) is 11.8 Å². The van der Waals surface area contributed by atoms with E-state index in [4.69, 9.17) is 4.74 Å². The fraction of sp³-hybridized carbons (Fsp3) is 0.360. The Morgan fingerprint density at radius 1 is 0.971 bits per heavy atom. The summed E-state index contributed by atoms with van der Waals surface area (Å²) in [6.45, 7) is 8.13. The number of carbonyl (C=O) groups is 4. The van der Waals surface area contributed by atoms with Gasteiger partial charge in [-0.2, -0.15) is 0 Å². The zero-order chi connectivity index (χ0) is 25.4. The first-order valence-electron chi connectivity index (χ1n) is 10.9. The molecule has 0 radical (unpaired) electrons. The Labute approximate surface area is 198 Å². The lowest BCUT2D eigenvalue weighted by molar-refractivity contribution is -0.151. The Morgan fingerprint density at radius 2 is 1.59 bits per heavy atom. The maximum Gasteiger partial charge on any atom is 0.329 e. The summed E-state index contributed by atoms with van der Waals surface area (Å²) < 4.78 is 18.8. The van der Waals surface area contributed by atoms with E-state index in [9.17, 15) is 23.6 Å². The molecule has 34 heavy (non-hydrogen) atoms. The van der Waals surface area contributed by atoms with Crippen molar-refractivity contribution in [2.75, 3.05) is 18.5 Å². The monoisotopic (exact) mass is 471 g/mol. The zero-order valence-electron chi connectivity index (χ0n) is 20.0. The van der Waals surface area contributed by atoms with E-state index >= 15 is 0 Å². The number of halogens is 1. The lowest BCUT2D eigenvalue weighted by Gasteiger charge is -2.21. The first-order chi connectivity index (χ1) is 16.0. The second kappa shape index (κ2) is 11.9. The summed E-state index contributed by atoms with van der Waals surface area (Å²) in [5.74, 6) is -3.81. The Morgan fingerprint density at radius 3 is 2.18 bits per heavy atom. The zero-order valence-corrected chi connectivity index (χ0v) is 20.0. The molecule has 2 aromatic carbocycles. The molecule has 182 valence electrons. The van der Waals surface area contributed by atoms with Crippen molar-refractivity contribution >= 4 is 29.4 Å². The van der Waals surface area contributed by atoms with Gasteiger partial charge in [0, 0.05) is 5.69 Å². The average molecular weight is 472 g/mol. The highest BCUT2D eigenvalue weighted by Gasteiger charge is 2.27. The molecule has 0 spiro atoms. The Balaban J connectivity index is 1.85. The summed E-state index contributed by atoms with van der Waals surface area (Å²) in [6.07, 6.45) is 0. The number of carbonyl (C=O) groups excluding carboxylic acids is 4. The van der Waals surface area contributed by atoms with Gasteiger partial charge in [-0.3, -0.25) is 14.4 Å². The number of amides is 3. The quantitative estimate of drug-likeness (QED) is 0.487. The van der Waals surface area contributed by atoms with Crippen molar-refractivity contribution in [3.05, 3.63) is 64.5 Å². The second-order valence-electron chi connectivity index (χ2n) is 8.38. The number of aryl methyl sites for hydroxylation is 3. The molecule has 2 rings (SSSR count). The lowest BCUT2D eigenvalue weighted by Crippen LogP contribution is -2.46. The first-order valence-corrected chi connectivity index (χ1v) is 10.9. The minimum Gasteiger partial charge on any atom is -0.454 e. The first kappa shape index (κ1) is 26.5. The van der Waals surface area contributed by atoms with Crippen LogP contribution in [0.3, 0.4) is 0 Å². The maximum atomic E-state index is 13.8. The van der Waals surface area contributed by atoms with Crippen molar-refractivity contribution in [1.29, 1.82) is 0 Å². The average Bonchev–Trinajstić information content (AvgIpc) is 2.76. The summed E-state index contributed by atoms with van der Waals surface area (Å²) >= 11 is 0. The number of nitrogens with one attached hydrogen (secondary N) is 3. The molecule has 0 saturated carbocycles. The van der Waals surface area contributed by atoms with Crippen LogP contribution in [0.1, 0.15) is 40.9 Å². The molecule has 0 aliphatic rings. The van der Waals surface area contributed by atoms with Crippen molar-refractivity contribution in [3.8, 4) is 0 Å². The number of rotatable bonds is 9. The minimum absolute atomic E-state index is 0.205. The second-order valence-corrected chi connectivity index (χ2v) is 8.38. The number of ether oxygens (including phenoxy) is 1. The third-order valence-electron chi connectivity index (χ3n) is 5.06. The van der Waals surface area contributed by atoms with Gasteiger partial charge in [0.1, 0.15) is 11.9 Å². The highest BCUT2D eigenvalue weighted by Crippen LogP contribution is 2.21. The summed E-state index contributed by atoms with van der Waals surface area (Å²) in [5.41, 5.74) is 3.37. The van der Waals surface area contributed by atoms with Crippen LogP contribution in [0.25, 0.3) is 0 Å². The molecule has 1 atom stereocenters. The SMILES string of the molecule is Cc1cc(C)c(NC(=O)CNC(=O)COC(=O)C(NC(=O)c2ccccc2F)C(C)C)c(C)c1. The van der Waals surface area contributed by atoms with Crippen LogP contribution in [0.4, 0.5) is 10.1 Å². The van der Waals surface area contributed by atoms with Crippen LogP contribution in [0, 0.1) is 32.5 Å². The van der Waals surface area contributed by atoms with E-state index in [1.165, 1.54) is 18.2 Å². The fourth-order valence-electron chi connectivity index (χ4n) is 3.38. The number of hydrogen-bond acceptors (Lipinski definition) is 5.